The van der Waals surface area contributed by atoms with Gasteiger partial charge in [0.25, 0.3) is 0 Å². The summed E-state index contributed by atoms with van der Waals surface area (Å²) >= 11 is 3.54. The number of alkyl halides is 3. The molecule has 1 aliphatic heterocycles. The summed E-state index contributed by atoms with van der Waals surface area (Å²) in [6, 6.07) is 11.5. The fourth-order valence-corrected chi connectivity index (χ4v) is 5.07. The van der Waals surface area contributed by atoms with Crippen molar-refractivity contribution in [3.05, 3.63) is 40.9 Å². The number of piperidine rings is 1. The minimum atomic E-state index is -4.18. The van der Waals surface area contributed by atoms with Gasteiger partial charge in [-0.25, -0.2) is 0 Å². The van der Waals surface area contributed by atoms with E-state index in [0.29, 0.717) is 5.75 Å². The molecule has 1 fully saturated rings. The highest BCUT2D eigenvalue weighted by molar-refractivity contribution is 9.10. The summed E-state index contributed by atoms with van der Waals surface area (Å²) in [7, 11) is 0. The van der Waals surface area contributed by atoms with Gasteiger partial charge in [0, 0.05) is 29.9 Å². The molecule has 1 unspecified atom stereocenters. The summed E-state index contributed by atoms with van der Waals surface area (Å²) in [4.78, 5) is 3.36. The van der Waals surface area contributed by atoms with Crippen LogP contribution in [0.1, 0.15) is 25.7 Å². The zero-order valence-corrected chi connectivity index (χ0v) is 19.8. The van der Waals surface area contributed by atoms with Crippen LogP contribution in [0.3, 0.4) is 0 Å². The molecule has 3 aromatic rings. The van der Waals surface area contributed by atoms with Gasteiger partial charge in [-0.1, -0.05) is 18.2 Å². The highest BCUT2D eigenvalue weighted by Crippen LogP contribution is 2.38. The fourth-order valence-electron chi connectivity index (χ4n) is 4.62. The molecule has 180 valence electrons. The molecule has 5 nitrogen and oxygen atoms in total. The van der Waals surface area contributed by atoms with Crippen LogP contribution in [0.15, 0.2) is 40.9 Å². The number of para-hydroxylation sites is 1. The molecule has 9 heteroatoms. The molecule has 1 aliphatic rings. The van der Waals surface area contributed by atoms with Gasteiger partial charge < -0.3 is 25.5 Å². The number of benzene rings is 2. The Bertz CT molecular complexity index is 1070. The lowest BCUT2D eigenvalue weighted by Crippen LogP contribution is -2.45. The van der Waals surface area contributed by atoms with Crippen LogP contribution in [0.2, 0.25) is 0 Å². The molecule has 4 N–H and O–H groups in total. The van der Waals surface area contributed by atoms with Crippen molar-refractivity contribution >= 4 is 37.7 Å². The molecule has 0 amide bonds. The maximum atomic E-state index is 12.8. The van der Waals surface area contributed by atoms with Crippen molar-refractivity contribution in [1.29, 1.82) is 0 Å². The molecular weight excluding hydrogens is 499 g/mol. The summed E-state index contributed by atoms with van der Waals surface area (Å²) in [5, 5.41) is 19.0. The normalized spacial score (nSPS) is 17.5. The Kier molecular flexibility index (Phi) is 7.83. The maximum absolute atomic E-state index is 12.8. The number of fused-ring (bicyclic) bond motifs is 3. The van der Waals surface area contributed by atoms with Crippen LogP contribution in [0.25, 0.3) is 21.8 Å². The number of aromatic amines is 1. The fraction of sp³-hybridized carbons (Fsp3) is 0.500. The largest absolute Gasteiger partial charge is 0.489 e. The number of nitrogens with one attached hydrogen (secondary N) is 3. The van der Waals surface area contributed by atoms with E-state index in [1.54, 1.807) is 0 Å². The van der Waals surface area contributed by atoms with Gasteiger partial charge >= 0.3 is 6.18 Å². The number of aromatic nitrogens is 1. The van der Waals surface area contributed by atoms with E-state index in [-0.39, 0.29) is 31.5 Å². The molecule has 2 atom stereocenters. The van der Waals surface area contributed by atoms with Gasteiger partial charge in [0.15, 0.2) is 0 Å². The summed E-state index contributed by atoms with van der Waals surface area (Å²) in [5.41, 5.74) is 1.92. The van der Waals surface area contributed by atoms with E-state index in [9.17, 15) is 18.3 Å². The second-order valence-electron chi connectivity index (χ2n) is 8.69. The van der Waals surface area contributed by atoms with Gasteiger partial charge in [-0.3, -0.25) is 0 Å². The van der Waals surface area contributed by atoms with Crippen LogP contribution in [0.4, 0.5) is 13.2 Å². The quantitative estimate of drug-likeness (QED) is 0.311. The van der Waals surface area contributed by atoms with Crippen LogP contribution in [-0.2, 0) is 0 Å². The molecule has 2 heterocycles. The maximum Gasteiger partial charge on any atom is 0.389 e. The van der Waals surface area contributed by atoms with Gasteiger partial charge in [-0.15, -0.1) is 0 Å². The van der Waals surface area contributed by atoms with Crippen molar-refractivity contribution in [3.63, 3.8) is 0 Å². The van der Waals surface area contributed by atoms with E-state index in [1.807, 2.05) is 36.4 Å². The van der Waals surface area contributed by atoms with E-state index < -0.39 is 18.7 Å². The first-order valence-electron chi connectivity index (χ1n) is 11.3. The van der Waals surface area contributed by atoms with Crippen molar-refractivity contribution in [1.82, 2.24) is 15.6 Å². The van der Waals surface area contributed by atoms with Crippen LogP contribution in [0, 0.1) is 5.92 Å². The molecule has 0 saturated carbocycles. The Hall–Kier alpha value is -1.81. The van der Waals surface area contributed by atoms with Crippen LogP contribution in [-0.4, -0.2) is 54.7 Å². The monoisotopic (exact) mass is 527 g/mol. The van der Waals surface area contributed by atoms with Gasteiger partial charge in [-0.05, 0) is 72.4 Å². The highest BCUT2D eigenvalue weighted by Gasteiger charge is 2.31. The standard InChI is InChI=1S/C24H29BrF3N3O2/c25-18-5-6-21-22(17-3-1-2-4-20(17)31-21)23(18)33-14-16(32)13-30-19(7-10-24(26,27)28)15-8-11-29-12-9-15/h1-6,15-16,19,29-32H,7-14H2/t16-,19?/m0/s1. The second kappa shape index (κ2) is 10.6. The van der Waals surface area contributed by atoms with E-state index in [4.69, 9.17) is 4.74 Å². The predicted octanol–water partition coefficient (Wildman–Crippen LogP) is 5.12. The van der Waals surface area contributed by atoms with E-state index >= 15 is 0 Å². The summed E-state index contributed by atoms with van der Waals surface area (Å²) in [6.07, 6.45) is -4.18. The van der Waals surface area contributed by atoms with E-state index in [0.717, 1.165) is 52.2 Å². The zero-order valence-electron chi connectivity index (χ0n) is 18.2. The van der Waals surface area contributed by atoms with Crippen LogP contribution in [0.5, 0.6) is 5.75 Å². The second-order valence-corrected chi connectivity index (χ2v) is 9.54. The minimum Gasteiger partial charge on any atom is -0.489 e. The summed E-state index contributed by atoms with van der Waals surface area (Å²) in [6.45, 7) is 1.82. The molecule has 33 heavy (non-hydrogen) atoms. The SMILES string of the molecule is O[C@@H](CNC(CCC(F)(F)F)C1CCNCC1)COc1c(Br)ccc2[nH]c3ccccc3c12. The molecule has 0 spiro atoms. The van der Waals surface area contributed by atoms with Gasteiger partial charge in [0.1, 0.15) is 18.5 Å². The van der Waals surface area contributed by atoms with Crippen molar-refractivity contribution < 1.29 is 23.0 Å². The predicted molar refractivity (Wildman–Crippen MR) is 128 cm³/mol. The number of halogens is 4. The molecule has 0 bridgehead atoms. The highest BCUT2D eigenvalue weighted by atomic mass is 79.9. The first-order valence-corrected chi connectivity index (χ1v) is 12.1. The number of rotatable bonds is 9. The Morgan fingerprint density at radius 1 is 1.12 bits per heavy atom. The van der Waals surface area contributed by atoms with Crippen molar-refractivity contribution in [2.75, 3.05) is 26.2 Å². The molecule has 1 saturated heterocycles. The number of hydrogen-bond donors (Lipinski definition) is 4. The summed E-state index contributed by atoms with van der Waals surface area (Å²) in [5.74, 6) is 0.798. The third-order valence-corrected chi connectivity index (χ3v) is 6.93. The lowest BCUT2D eigenvalue weighted by atomic mass is 9.87. The number of H-pyrrole nitrogens is 1. The number of aliphatic hydroxyl groups is 1. The minimum absolute atomic E-state index is 0.0158. The zero-order chi connectivity index (χ0) is 23.4. The van der Waals surface area contributed by atoms with Crippen molar-refractivity contribution in [2.45, 2.75) is 44.0 Å². The first-order chi connectivity index (χ1) is 15.8. The first kappa shape index (κ1) is 24.3. The van der Waals surface area contributed by atoms with Crippen molar-refractivity contribution in [3.8, 4) is 5.75 Å². The van der Waals surface area contributed by atoms with Gasteiger partial charge in [-0.2, -0.15) is 13.2 Å². The Morgan fingerprint density at radius 2 is 1.88 bits per heavy atom. The van der Waals surface area contributed by atoms with Gasteiger partial charge in [0.2, 0.25) is 0 Å². The number of hydrogen-bond acceptors (Lipinski definition) is 4. The summed E-state index contributed by atoms with van der Waals surface area (Å²) < 4.78 is 45.3. The Labute approximate surface area is 199 Å². The topological polar surface area (TPSA) is 69.3 Å². The van der Waals surface area contributed by atoms with Crippen LogP contribution < -0.4 is 15.4 Å². The van der Waals surface area contributed by atoms with Crippen LogP contribution >= 0.6 is 15.9 Å². The molecule has 0 aliphatic carbocycles. The average molecular weight is 528 g/mol. The smallest absolute Gasteiger partial charge is 0.389 e. The Balaban J connectivity index is 1.40. The lowest BCUT2D eigenvalue weighted by molar-refractivity contribution is -0.137. The molecule has 2 aromatic carbocycles. The van der Waals surface area contributed by atoms with E-state index in [1.165, 1.54) is 0 Å². The lowest BCUT2D eigenvalue weighted by Gasteiger charge is -2.32. The number of aliphatic hydroxyl groups excluding tert-OH is 1. The number of ether oxygens (including phenoxy) is 1. The third kappa shape index (κ3) is 6.20. The third-order valence-electron chi connectivity index (χ3n) is 6.30. The molecular formula is C24H29BrF3N3O2. The van der Waals surface area contributed by atoms with Gasteiger partial charge in [0.05, 0.1) is 15.4 Å². The molecule has 1 aromatic heterocycles. The van der Waals surface area contributed by atoms with Crippen molar-refractivity contribution in [2.24, 2.45) is 5.92 Å². The molecule has 0 radical (unpaired) electrons. The van der Waals surface area contributed by atoms with E-state index in [2.05, 4.69) is 31.5 Å². The Morgan fingerprint density at radius 3 is 2.64 bits per heavy atom. The average Bonchev–Trinajstić information content (AvgIpc) is 3.17. The molecule has 4 rings (SSSR count).